The van der Waals surface area contributed by atoms with E-state index in [1.807, 2.05) is 0 Å². The number of aromatic nitrogens is 1. The van der Waals surface area contributed by atoms with E-state index in [4.69, 9.17) is 4.74 Å². The highest BCUT2D eigenvalue weighted by Crippen LogP contribution is 2.10. The lowest BCUT2D eigenvalue weighted by molar-refractivity contribution is -0.0100. The molecule has 1 aromatic rings. The largest absolute Gasteiger partial charge is 0.374 e. The van der Waals surface area contributed by atoms with Gasteiger partial charge < -0.3 is 14.2 Å². The maximum Gasteiger partial charge on any atom is 0.276 e. The second-order valence-corrected chi connectivity index (χ2v) is 3.93. The van der Waals surface area contributed by atoms with Crippen LogP contribution in [-0.4, -0.2) is 47.1 Å². The summed E-state index contributed by atoms with van der Waals surface area (Å²) in [6.45, 7) is 1.77. The van der Waals surface area contributed by atoms with Gasteiger partial charge in [-0.1, -0.05) is 21.1 Å². The van der Waals surface area contributed by atoms with Crippen LogP contribution in [0.25, 0.3) is 0 Å². The average Bonchev–Trinajstić information content (AvgIpc) is 2.81. The quantitative estimate of drug-likeness (QED) is 0.753. The van der Waals surface area contributed by atoms with Gasteiger partial charge in [0.1, 0.15) is 6.26 Å². The predicted molar refractivity (Wildman–Crippen MR) is 55.9 cm³/mol. The summed E-state index contributed by atoms with van der Waals surface area (Å²) >= 11 is 3.34. The molecular formula is C9H11BrN2O3. The summed E-state index contributed by atoms with van der Waals surface area (Å²) in [5.41, 5.74) is 0.352. The van der Waals surface area contributed by atoms with Gasteiger partial charge in [-0.2, -0.15) is 0 Å². The second kappa shape index (κ2) is 4.76. The molecule has 0 aliphatic carbocycles. The van der Waals surface area contributed by atoms with Crippen LogP contribution in [0.4, 0.5) is 0 Å². The van der Waals surface area contributed by atoms with Crippen LogP contribution in [0.3, 0.4) is 0 Å². The first-order chi connectivity index (χ1) is 7.31. The summed E-state index contributed by atoms with van der Waals surface area (Å²) in [4.78, 5) is 13.6. The Kier molecular flexibility index (Phi) is 3.37. The van der Waals surface area contributed by atoms with Gasteiger partial charge in [-0.15, -0.1) is 0 Å². The molecule has 1 aliphatic rings. The molecule has 0 bridgehead atoms. The highest BCUT2D eigenvalue weighted by Gasteiger charge is 2.25. The van der Waals surface area contributed by atoms with E-state index >= 15 is 0 Å². The Balaban J connectivity index is 2.01. The molecule has 1 fully saturated rings. The Bertz CT molecular complexity index is 328. The lowest BCUT2D eigenvalue weighted by Crippen LogP contribution is -2.46. The molecule has 0 saturated carbocycles. The van der Waals surface area contributed by atoms with Crippen molar-refractivity contribution in [2.45, 2.75) is 6.10 Å². The van der Waals surface area contributed by atoms with Gasteiger partial charge in [-0.3, -0.25) is 4.79 Å². The molecule has 6 heteroatoms. The van der Waals surface area contributed by atoms with Gasteiger partial charge in [0.15, 0.2) is 5.69 Å². The number of hydrogen-bond donors (Lipinski definition) is 0. The van der Waals surface area contributed by atoms with Crippen molar-refractivity contribution in [1.29, 1.82) is 0 Å². The molecule has 1 unspecified atom stereocenters. The maximum absolute atomic E-state index is 11.9. The third-order valence-electron chi connectivity index (χ3n) is 2.26. The van der Waals surface area contributed by atoms with Gasteiger partial charge >= 0.3 is 0 Å². The van der Waals surface area contributed by atoms with Crippen LogP contribution in [0.15, 0.2) is 16.9 Å². The zero-order valence-electron chi connectivity index (χ0n) is 8.06. The van der Waals surface area contributed by atoms with Crippen molar-refractivity contribution in [3.63, 3.8) is 0 Å². The number of alkyl halides is 1. The molecule has 1 aliphatic heterocycles. The fourth-order valence-electron chi connectivity index (χ4n) is 1.48. The van der Waals surface area contributed by atoms with Crippen LogP contribution in [0.1, 0.15) is 10.5 Å². The Morgan fingerprint density at radius 3 is 3.27 bits per heavy atom. The highest BCUT2D eigenvalue weighted by molar-refractivity contribution is 9.09. The van der Waals surface area contributed by atoms with E-state index in [-0.39, 0.29) is 12.0 Å². The lowest BCUT2D eigenvalue weighted by atomic mass is 10.2. The van der Waals surface area contributed by atoms with Gasteiger partial charge in [0.05, 0.1) is 12.7 Å². The van der Waals surface area contributed by atoms with Crippen molar-refractivity contribution >= 4 is 21.8 Å². The third kappa shape index (κ3) is 2.38. The molecule has 1 atom stereocenters. The van der Waals surface area contributed by atoms with E-state index < -0.39 is 0 Å². The number of ether oxygens (including phenoxy) is 1. The molecule has 15 heavy (non-hydrogen) atoms. The standard InChI is InChI=1S/C9H11BrN2O3/c10-5-7-6-12(2-4-14-7)9(13)8-1-3-15-11-8/h1,3,7H,2,4-6H2. The van der Waals surface area contributed by atoms with E-state index in [1.54, 1.807) is 11.0 Å². The van der Waals surface area contributed by atoms with Crippen LogP contribution in [0.2, 0.25) is 0 Å². The highest BCUT2D eigenvalue weighted by atomic mass is 79.9. The Morgan fingerprint density at radius 1 is 1.73 bits per heavy atom. The number of carbonyl (C=O) groups excluding carboxylic acids is 1. The number of amides is 1. The van der Waals surface area contributed by atoms with Gasteiger partial charge in [-0.25, -0.2) is 0 Å². The maximum atomic E-state index is 11.9. The molecule has 0 spiro atoms. The minimum absolute atomic E-state index is 0.0644. The third-order valence-corrected chi connectivity index (χ3v) is 2.98. The smallest absolute Gasteiger partial charge is 0.276 e. The summed E-state index contributed by atoms with van der Waals surface area (Å²) < 4.78 is 10.1. The Hall–Kier alpha value is -0.880. The summed E-state index contributed by atoms with van der Waals surface area (Å²) in [6, 6.07) is 1.57. The molecule has 82 valence electrons. The van der Waals surface area contributed by atoms with E-state index in [0.717, 1.165) is 5.33 Å². The topological polar surface area (TPSA) is 55.6 Å². The van der Waals surface area contributed by atoms with Crippen LogP contribution in [0.5, 0.6) is 0 Å². The summed E-state index contributed by atoms with van der Waals surface area (Å²) in [7, 11) is 0. The minimum atomic E-state index is -0.0991. The molecule has 1 saturated heterocycles. The normalized spacial score (nSPS) is 21.7. The van der Waals surface area contributed by atoms with Crippen molar-refractivity contribution in [1.82, 2.24) is 10.1 Å². The molecule has 1 amide bonds. The van der Waals surface area contributed by atoms with E-state index in [9.17, 15) is 4.79 Å². The molecular weight excluding hydrogens is 264 g/mol. The number of nitrogens with zero attached hydrogens (tertiary/aromatic N) is 2. The first kappa shape index (κ1) is 10.6. The van der Waals surface area contributed by atoms with E-state index in [0.29, 0.717) is 25.4 Å². The first-order valence-electron chi connectivity index (χ1n) is 4.68. The summed E-state index contributed by atoms with van der Waals surface area (Å²) in [6.07, 6.45) is 1.46. The number of morpholine rings is 1. The van der Waals surface area contributed by atoms with Crippen molar-refractivity contribution in [3.8, 4) is 0 Å². The number of carbonyl (C=O) groups is 1. The molecule has 2 heterocycles. The van der Waals surface area contributed by atoms with Crippen molar-refractivity contribution in [2.24, 2.45) is 0 Å². The molecule has 1 aromatic heterocycles. The number of rotatable bonds is 2. The predicted octanol–water partition coefficient (Wildman–Crippen LogP) is 0.910. The number of hydrogen-bond acceptors (Lipinski definition) is 4. The Morgan fingerprint density at radius 2 is 2.60 bits per heavy atom. The first-order valence-corrected chi connectivity index (χ1v) is 5.80. The zero-order chi connectivity index (χ0) is 10.7. The molecule has 0 radical (unpaired) electrons. The van der Waals surface area contributed by atoms with Crippen LogP contribution < -0.4 is 0 Å². The zero-order valence-corrected chi connectivity index (χ0v) is 9.64. The van der Waals surface area contributed by atoms with E-state index in [1.165, 1.54) is 6.26 Å². The van der Waals surface area contributed by atoms with Crippen molar-refractivity contribution < 1.29 is 14.1 Å². The fraction of sp³-hybridized carbons (Fsp3) is 0.556. The molecule has 0 aromatic carbocycles. The van der Waals surface area contributed by atoms with Crippen LogP contribution in [-0.2, 0) is 4.74 Å². The fourth-order valence-corrected chi connectivity index (χ4v) is 1.87. The van der Waals surface area contributed by atoms with Gasteiger partial charge in [-0.05, 0) is 0 Å². The molecule has 5 nitrogen and oxygen atoms in total. The molecule has 2 rings (SSSR count). The monoisotopic (exact) mass is 274 g/mol. The SMILES string of the molecule is O=C(c1ccon1)N1CCOC(CBr)C1. The van der Waals surface area contributed by atoms with Crippen LogP contribution >= 0.6 is 15.9 Å². The van der Waals surface area contributed by atoms with Gasteiger partial charge in [0.25, 0.3) is 5.91 Å². The van der Waals surface area contributed by atoms with Crippen molar-refractivity contribution in [2.75, 3.05) is 25.0 Å². The lowest BCUT2D eigenvalue weighted by Gasteiger charge is -2.31. The van der Waals surface area contributed by atoms with Gasteiger partial charge in [0, 0.05) is 24.5 Å². The average molecular weight is 275 g/mol. The van der Waals surface area contributed by atoms with Crippen LogP contribution in [0, 0.1) is 0 Å². The van der Waals surface area contributed by atoms with E-state index in [2.05, 4.69) is 25.6 Å². The van der Waals surface area contributed by atoms with Gasteiger partial charge in [0.2, 0.25) is 0 Å². The Labute approximate surface area is 95.5 Å². The summed E-state index contributed by atoms with van der Waals surface area (Å²) in [5, 5.41) is 4.36. The van der Waals surface area contributed by atoms with Crippen molar-refractivity contribution in [3.05, 3.63) is 18.0 Å². The molecule has 0 N–H and O–H groups in total. The summed E-state index contributed by atoms with van der Waals surface area (Å²) in [5.74, 6) is -0.0991. The number of halogens is 1. The minimum Gasteiger partial charge on any atom is -0.374 e. The second-order valence-electron chi connectivity index (χ2n) is 3.28.